The van der Waals surface area contributed by atoms with E-state index in [4.69, 9.17) is 4.98 Å². The van der Waals surface area contributed by atoms with Crippen LogP contribution < -0.4 is 0 Å². The molecule has 1 aromatic heterocycles. The third-order valence-corrected chi connectivity index (χ3v) is 5.82. The molecule has 0 radical (unpaired) electrons. The third-order valence-electron chi connectivity index (χ3n) is 5.82. The highest BCUT2D eigenvalue weighted by atomic mass is 16.2. The van der Waals surface area contributed by atoms with E-state index in [1.807, 2.05) is 49.4 Å². The fourth-order valence-corrected chi connectivity index (χ4v) is 4.41. The van der Waals surface area contributed by atoms with Crippen molar-refractivity contribution in [2.45, 2.75) is 52.1 Å². The summed E-state index contributed by atoms with van der Waals surface area (Å²) in [6.45, 7) is 6.38. The zero-order valence-electron chi connectivity index (χ0n) is 16.3. The zero-order chi connectivity index (χ0) is 19.0. The van der Waals surface area contributed by atoms with Crippen LogP contribution in [0.2, 0.25) is 0 Å². The van der Waals surface area contributed by atoms with Crippen molar-refractivity contribution in [2.24, 2.45) is 0 Å². The fraction of sp³-hybridized carbons (Fsp3) is 0.333. The van der Waals surface area contributed by atoms with Crippen molar-refractivity contribution in [2.75, 3.05) is 0 Å². The Labute approximate surface area is 161 Å². The second kappa shape index (κ2) is 7.15. The molecule has 1 amide bonds. The number of carbonyl (C=O) groups excluding carboxylic acids is 1. The molecule has 0 spiro atoms. The molecule has 1 aliphatic rings. The average Bonchev–Trinajstić information content (AvgIpc) is 2.68. The predicted molar refractivity (Wildman–Crippen MR) is 111 cm³/mol. The Kier molecular flexibility index (Phi) is 4.69. The van der Waals surface area contributed by atoms with E-state index < -0.39 is 0 Å². The van der Waals surface area contributed by atoms with Gasteiger partial charge in [0.05, 0.1) is 16.8 Å². The predicted octanol–water partition coefficient (Wildman–Crippen LogP) is 5.61. The fourth-order valence-electron chi connectivity index (χ4n) is 4.41. The van der Waals surface area contributed by atoms with Crippen molar-refractivity contribution in [1.82, 2.24) is 9.88 Å². The molecule has 0 bridgehead atoms. The molecule has 138 valence electrons. The Balaban J connectivity index is 1.93. The van der Waals surface area contributed by atoms with Gasteiger partial charge in [0.15, 0.2) is 0 Å². The second-order valence-corrected chi connectivity index (χ2v) is 7.68. The van der Waals surface area contributed by atoms with Crippen LogP contribution >= 0.6 is 0 Å². The molecule has 1 aliphatic heterocycles. The SMILES string of the molecule is Cc1c(-c2ccccc2)nc2ccccc2c1C(=O)N1C(C)CCCC1C. The van der Waals surface area contributed by atoms with Gasteiger partial charge >= 0.3 is 0 Å². The highest BCUT2D eigenvalue weighted by Crippen LogP contribution is 2.33. The summed E-state index contributed by atoms with van der Waals surface area (Å²) in [5, 5.41) is 0.949. The number of aromatic nitrogens is 1. The van der Waals surface area contributed by atoms with Gasteiger partial charge in [-0.05, 0) is 51.7 Å². The minimum Gasteiger partial charge on any atom is -0.333 e. The summed E-state index contributed by atoms with van der Waals surface area (Å²) in [5.41, 5.74) is 4.60. The van der Waals surface area contributed by atoms with Crippen LogP contribution in [0.15, 0.2) is 54.6 Å². The van der Waals surface area contributed by atoms with Gasteiger partial charge in [-0.2, -0.15) is 0 Å². The maximum absolute atomic E-state index is 13.7. The Morgan fingerprint density at radius 3 is 2.30 bits per heavy atom. The molecule has 1 fully saturated rings. The number of carbonyl (C=O) groups is 1. The van der Waals surface area contributed by atoms with Crippen molar-refractivity contribution in [3.05, 3.63) is 65.7 Å². The van der Waals surface area contributed by atoms with Crippen LogP contribution in [0.4, 0.5) is 0 Å². The first-order valence-electron chi connectivity index (χ1n) is 9.85. The first-order chi connectivity index (χ1) is 13.1. The topological polar surface area (TPSA) is 33.2 Å². The molecule has 2 unspecified atom stereocenters. The molecule has 3 heteroatoms. The largest absolute Gasteiger partial charge is 0.333 e. The van der Waals surface area contributed by atoms with E-state index in [9.17, 15) is 4.79 Å². The molecule has 3 aromatic rings. The summed E-state index contributed by atoms with van der Waals surface area (Å²) in [4.78, 5) is 20.7. The Bertz CT molecular complexity index is 970. The lowest BCUT2D eigenvalue weighted by atomic mass is 9.93. The van der Waals surface area contributed by atoms with Crippen molar-refractivity contribution >= 4 is 16.8 Å². The monoisotopic (exact) mass is 358 g/mol. The third kappa shape index (κ3) is 3.12. The van der Waals surface area contributed by atoms with E-state index in [1.165, 1.54) is 6.42 Å². The number of likely N-dealkylation sites (tertiary alicyclic amines) is 1. The van der Waals surface area contributed by atoms with Crippen molar-refractivity contribution in [3.8, 4) is 11.3 Å². The van der Waals surface area contributed by atoms with E-state index in [0.717, 1.165) is 46.1 Å². The standard InChI is InChI=1S/C24H26N2O/c1-16-10-9-11-17(2)26(16)24(27)22-18(3)23(19-12-5-4-6-13-19)25-21-15-8-7-14-20(21)22/h4-8,12-17H,9-11H2,1-3H3. The summed E-state index contributed by atoms with van der Waals surface area (Å²) in [5.74, 6) is 0.142. The van der Waals surface area contributed by atoms with Crippen molar-refractivity contribution < 1.29 is 4.79 Å². The van der Waals surface area contributed by atoms with Gasteiger partial charge in [0.25, 0.3) is 5.91 Å². The van der Waals surface area contributed by atoms with E-state index in [0.29, 0.717) is 0 Å². The smallest absolute Gasteiger partial charge is 0.255 e. The summed E-state index contributed by atoms with van der Waals surface area (Å²) < 4.78 is 0. The van der Waals surface area contributed by atoms with Gasteiger partial charge in [-0.3, -0.25) is 4.79 Å². The van der Waals surface area contributed by atoms with Crippen LogP contribution in [-0.2, 0) is 0 Å². The molecule has 4 rings (SSSR count). The molecule has 0 N–H and O–H groups in total. The first kappa shape index (κ1) is 17.7. The maximum Gasteiger partial charge on any atom is 0.255 e. The lowest BCUT2D eigenvalue weighted by Crippen LogP contribution is -2.47. The number of hydrogen-bond donors (Lipinski definition) is 0. The van der Waals surface area contributed by atoms with E-state index in [1.54, 1.807) is 0 Å². The summed E-state index contributed by atoms with van der Waals surface area (Å²) in [6.07, 6.45) is 3.34. The minimum atomic E-state index is 0.142. The lowest BCUT2D eigenvalue weighted by molar-refractivity contribution is 0.0512. The van der Waals surface area contributed by atoms with Crippen LogP contribution in [0.25, 0.3) is 22.2 Å². The number of benzene rings is 2. The zero-order valence-corrected chi connectivity index (χ0v) is 16.3. The van der Waals surface area contributed by atoms with Gasteiger partial charge < -0.3 is 4.90 Å². The molecular weight excluding hydrogens is 332 g/mol. The maximum atomic E-state index is 13.7. The molecule has 1 saturated heterocycles. The number of nitrogens with zero attached hydrogens (tertiary/aromatic N) is 2. The number of hydrogen-bond acceptors (Lipinski definition) is 2. The van der Waals surface area contributed by atoms with Crippen LogP contribution in [-0.4, -0.2) is 27.9 Å². The Hall–Kier alpha value is -2.68. The average molecular weight is 358 g/mol. The van der Waals surface area contributed by atoms with Gasteiger partial charge in [0.1, 0.15) is 0 Å². The molecule has 2 aromatic carbocycles. The van der Waals surface area contributed by atoms with Crippen molar-refractivity contribution in [3.63, 3.8) is 0 Å². The lowest BCUT2D eigenvalue weighted by Gasteiger charge is -2.39. The molecular formula is C24H26N2O. The van der Waals surface area contributed by atoms with Gasteiger partial charge in [0.2, 0.25) is 0 Å². The number of rotatable bonds is 2. The molecule has 3 nitrogen and oxygen atoms in total. The molecule has 2 heterocycles. The number of amides is 1. The Morgan fingerprint density at radius 2 is 1.59 bits per heavy atom. The quantitative estimate of drug-likeness (QED) is 0.596. The van der Waals surface area contributed by atoms with Gasteiger partial charge in [0, 0.05) is 23.0 Å². The molecule has 2 atom stereocenters. The highest BCUT2D eigenvalue weighted by Gasteiger charge is 2.32. The number of piperidine rings is 1. The molecule has 27 heavy (non-hydrogen) atoms. The van der Waals surface area contributed by atoms with E-state index >= 15 is 0 Å². The van der Waals surface area contributed by atoms with E-state index in [2.05, 4.69) is 30.9 Å². The summed E-state index contributed by atoms with van der Waals surface area (Å²) in [6, 6.07) is 18.7. The summed E-state index contributed by atoms with van der Waals surface area (Å²) >= 11 is 0. The summed E-state index contributed by atoms with van der Waals surface area (Å²) in [7, 11) is 0. The van der Waals surface area contributed by atoms with Gasteiger partial charge in [-0.25, -0.2) is 4.98 Å². The number of para-hydroxylation sites is 1. The highest BCUT2D eigenvalue weighted by molar-refractivity contribution is 6.09. The van der Waals surface area contributed by atoms with E-state index in [-0.39, 0.29) is 18.0 Å². The van der Waals surface area contributed by atoms with Crippen LogP contribution in [0.3, 0.4) is 0 Å². The second-order valence-electron chi connectivity index (χ2n) is 7.68. The van der Waals surface area contributed by atoms with Crippen molar-refractivity contribution in [1.29, 1.82) is 0 Å². The Morgan fingerprint density at radius 1 is 0.963 bits per heavy atom. The van der Waals surface area contributed by atoms with Gasteiger partial charge in [-0.15, -0.1) is 0 Å². The van der Waals surface area contributed by atoms with Crippen LogP contribution in [0.5, 0.6) is 0 Å². The van der Waals surface area contributed by atoms with Crippen LogP contribution in [0, 0.1) is 6.92 Å². The van der Waals surface area contributed by atoms with Crippen LogP contribution in [0.1, 0.15) is 49.0 Å². The molecule has 0 saturated carbocycles. The van der Waals surface area contributed by atoms with Gasteiger partial charge in [-0.1, -0.05) is 48.5 Å². The molecule has 0 aliphatic carbocycles. The first-order valence-corrected chi connectivity index (χ1v) is 9.85. The number of fused-ring (bicyclic) bond motifs is 1. The normalized spacial score (nSPS) is 20.0. The minimum absolute atomic E-state index is 0.142. The number of pyridine rings is 1.